The van der Waals surface area contributed by atoms with Crippen LogP contribution in [0.5, 0.6) is 0 Å². The fraction of sp³-hybridized carbons (Fsp3) is 0.389. The molecule has 0 radical (unpaired) electrons. The summed E-state index contributed by atoms with van der Waals surface area (Å²) in [6.07, 6.45) is 9.11. The van der Waals surface area contributed by atoms with Crippen LogP contribution in [0.25, 0.3) is 6.08 Å². The molecule has 2 nitrogen and oxygen atoms in total. The third-order valence-corrected chi connectivity index (χ3v) is 3.66. The summed E-state index contributed by atoms with van der Waals surface area (Å²) >= 11 is 0. The number of carbonyl (C=O) groups excluding carboxylic acids is 1. The Hall–Kier alpha value is -1.67. The molecule has 0 aliphatic heterocycles. The number of carbonyl (C=O) groups is 1. The molecule has 0 N–H and O–H groups in total. The SMILES string of the molecule is CN(C)CC1CCCC(=CC=Cc2ccccc2)C1=O. The molecule has 1 saturated carbocycles. The van der Waals surface area contributed by atoms with Crippen molar-refractivity contribution in [2.24, 2.45) is 5.92 Å². The van der Waals surface area contributed by atoms with Gasteiger partial charge in [-0.05, 0) is 44.5 Å². The molecule has 1 aliphatic rings. The maximum Gasteiger partial charge on any atom is 0.163 e. The number of benzene rings is 1. The molecule has 1 atom stereocenters. The standard InChI is InChI=1S/C18H23NO/c1-19(2)14-17-13-7-12-16(18(17)20)11-6-10-15-8-4-3-5-9-15/h3-6,8-11,17H,7,12-14H2,1-2H3. The van der Waals surface area contributed by atoms with Gasteiger partial charge in [-0.15, -0.1) is 0 Å². The highest BCUT2D eigenvalue weighted by Gasteiger charge is 2.26. The second-order valence-corrected chi connectivity index (χ2v) is 5.68. The first-order valence-electron chi connectivity index (χ1n) is 7.28. The lowest BCUT2D eigenvalue weighted by Crippen LogP contribution is -2.31. The first-order valence-corrected chi connectivity index (χ1v) is 7.28. The fourth-order valence-electron chi connectivity index (χ4n) is 2.68. The lowest BCUT2D eigenvalue weighted by atomic mass is 9.83. The average Bonchev–Trinajstić information content (AvgIpc) is 2.43. The molecule has 20 heavy (non-hydrogen) atoms. The molecule has 2 heteroatoms. The van der Waals surface area contributed by atoms with Gasteiger partial charge in [0.05, 0.1) is 0 Å². The van der Waals surface area contributed by atoms with Crippen molar-refractivity contribution in [3.63, 3.8) is 0 Å². The smallest absolute Gasteiger partial charge is 0.163 e. The van der Waals surface area contributed by atoms with Crippen molar-refractivity contribution in [3.05, 3.63) is 53.6 Å². The van der Waals surface area contributed by atoms with E-state index in [1.54, 1.807) is 0 Å². The Morgan fingerprint density at radius 3 is 2.70 bits per heavy atom. The lowest BCUT2D eigenvalue weighted by Gasteiger charge is -2.25. The zero-order valence-electron chi connectivity index (χ0n) is 12.4. The molecule has 0 amide bonds. The molecule has 1 fully saturated rings. The van der Waals surface area contributed by atoms with Crippen LogP contribution in [0.3, 0.4) is 0 Å². The second-order valence-electron chi connectivity index (χ2n) is 5.68. The lowest BCUT2D eigenvalue weighted by molar-refractivity contribution is -0.120. The van der Waals surface area contributed by atoms with E-state index < -0.39 is 0 Å². The predicted octanol–water partition coefficient (Wildman–Crippen LogP) is 3.56. The molecule has 0 aromatic heterocycles. The Balaban J connectivity index is 2.02. The van der Waals surface area contributed by atoms with E-state index >= 15 is 0 Å². The van der Waals surface area contributed by atoms with E-state index in [0.717, 1.165) is 36.9 Å². The van der Waals surface area contributed by atoms with Crippen molar-refractivity contribution in [2.45, 2.75) is 19.3 Å². The minimum Gasteiger partial charge on any atom is -0.309 e. The van der Waals surface area contributed by atoms with Crippen LogP contribution >= 0.6 is 0 Å². The second kappa shape index (κ2) is 7.20. The van der Waals surface area contributed by atoms with Crippen LogP contribution < -0.4 is 0 Å². The van der Waals surface area contributed by atoms with Crippen LogP contribution in [0.1, 0.15) is 24.8 Å². The largest absolute Gasteiger partial charge is 0.309 e. The quantitative estimate of drug-likeness (QED) is 0.779. The van der Waals surface area contributed by atoms with Gasteiger partial charge in [0.2, 0.25) is 0 Å². The number of rotatable bonds is 4. The summed E-state index contributed by atoms with van der Waals surface area (Å²) in [5.74, 6) is 0.512. The van der Waals surface area contributed by atoms with Gasteiger partial charge in [0.25, 0.3) is 0 Å². The summed E-state index contributed by atoms with van der Waals surface area (Å²) in [6.45, 7) is 0.860. The third-order valence-electron chi connectivity index (χ3n) is 3.66. The highest BCUT2D eigenvalue weighted by Crippen LogP contribution is 2.25. The van der Waals surface area contributed by atoms with Gasteiger partial charge in [-0.3, -0.25) is 4.79 Å². The van der Waals surface area contributed by atoms with E-state index in [0.29, 0.717) is 5.78 Å². The van der Waals surface area contributed by atoms with Crippen LogP contribution in [-0.4, -0.2) is 31.3 Å². The predicted molar refractivity (Wildman–Crippen MR) is 84.5 cm³/mol. The normalized spacial score (nSPS) is 22.1. The van der Waals surface area contributed by atoms with Crippen molar-refractivity contribution in [1.29, 1.82) is 0 Å². The van der Waals surface area contributed by atoms with E-state index in [4.69, 9.17) is 0 Å². The number of hydrogen-bond acceptors (Lipinski definition) is 2. The maximum absolute atomic E-state index is 12.4. The molecule has 1 unspecified atom stereocenters. The first-order chi connectivity index (χ1) is 9.66. The van der Waals surface area contributed by atoms with Gasteiger partial charge < -0.3 is 4.90 Å². The van der Waals surface area contributed by atoms with Gasteiger partial charge in [0.15, 0.2) is 5.78 Å². The molecule has 1 aliphatic carbocycles. The van der Waals surface area contributed by atoms with Gasteiger partial charge in [-0.1, -0.05) is 48.6 Å². The van der Waals surface area contributed by atoms with Gasteiger partial charge in [0.1, 0.15) is 0 Å². The summed E-state index contributed by atoms with van der Waals surface area (Å²) in [5, 5.41) is 0. The summed E-state index contributed by atoms with van der Waals surface area (Å²) < 4.78 is 0. The summed E-state index contributed by atoms with van der Waals surface area (Å²) in [4.78, 5) is 14.5. The van der Waals surface area contributed by atoms with E-state index in [9.17, 15) is 4.79 Å². The van der Waals surface area contributed by atoms with Gasteiger partial charge in [0, 0.05) is 12.5 Å². The maximum atomic E-state index is 12.4. The molecule has 0 bridgehead atoms. The highest BCUT2D eigenvalue weighted by molar-refractivity contribution is 5.98. The minimum absolute atomic E-state index is 0.176. The highest BCUT2D eigenvalue weighted by atomic mass is 16.1. The summed E-state index contributed by atoms with van der Waals surface area (Å²) in [7, 11) is 4.06. The minimum atomic E-state index is 0.176. The number of Topliss-reactive ketones (excluding diaryl/α,β-unsaturated/α-hetero) is 1. The number of hydrogen-bond donors (Lipinski definition) is 0. The Morgan fingerprint density at radius 2 is 2.00 bits per heavy atom. The Morgan fingerprint density at radius 1 is 1.25 bits per heavy atom. The average molecular weight is 269 g/mol. The van der Waals surface area contributed by atoms with E-state index in [2.05, 4.69) is 23.1 Å². The topological polar surface area (TPSA) is 20.3 Å². The van der Waals surface area contributed by atoms with Gasteiger partial charge >= 0.3 is 0 Å². The van der Waals surface area contributed by atoms with Crippen LogP contribution in [-0.2, 0) is 4.79 Å². The molecule has 0 spiro atoms. The van der Waals surface area contributed by atoms with Crippen LogP contribution in [0, 0.1) is 5.92 Å². The van der Waals surface area contributed by atoms with Crippen molar-refractivity contribution in [3.8, 4) is 0 Å². The number of nitrogens with zero attached hydrogens (tertiary/aromatic N) is 1. The Kier molecular flexibility index (Phi) is 5.31. The van der Waals surface area contributed by atoms with Crippen molar-refractivity contribution in [2.75, 3.05) is 20.6 Å². The molecule has 1 aromatic rings. The zero-order chi connectivity index (χ0) is 14.4. The Labute approximate surface area is 121 Å². The molecule has 1 aromatic carbocycles. The van der Waals surface area contributed by atoms with Crippen molar-refractivity contribution >= 4 is 11.9 Å². The number of allylic oxidation sites excluding steroid dienone is 3. The Bertz CT molecular complexity index is 499. The van der Waals surface area contributed by atoms with Crippen LogP contribution in [0.2, 0.25) is 0 Å². The fourth-order valence-corrected chi connectivity index (χ4v) is 2.68. The summed E-state index contributed by atoms with van der Waals surface area (Å²) in [6, 6.07) is 10.2. The molecule has 106 valence electrons. The van der Waals surface area contributed by atoms with Crippen LogP contribution in [0.15, 0.2) is 48.1 Å². The molecule has 0 heterocycles. The van der Waals surface area contributed by atoms with E-state index in [-0.39, 0.29) is 5.92 Å². The van der Waals surface area contributed by atoms with E-state index in [1.165, 1.54) is 0 Å². The van der Waals surface area contributed by atoms with Crippen LogP contribution in [0.4, 0.5) is 0 Å². The van der Waals surface area contributed by atoms with Gasteiger partial charge in [-0.25, -0.2) is 0 Å². The molecular formula is C18H23NO. The third kappa shape index (κ3) is 4.17. The van der Waals surface area contributed by atoms with E-state index in [1.807, 2.05) is 44.4 Å². The molecule has 0 saturated heterocycles. The zero-order valence-corrected chi connectivity index (χ0v) is 12.4. The monoisotopic (exact) mass is 269 g/mol. The molecular weight excluding hydrogens is 246 g/mol. The first kappa shape index (κ1) is 14.7. The number of ketones is 1. The summed E-state index contributed by atoms with van der Waals surface area (Å²) in [5.41, 5.74) is 2.15. The van der Waals surface area contributed by atoms with Crippen molar-refractivity contribution in [1.82, 2.24) is 4.90 Å². The van der Waals surface area contributed by atoms with Crippen molar-refractivity contribution < 1.29 is 4.79 Å². The van der Waals surface area contributed by atoms with Gasteiger partial charge in [-0.2, -0.15) is 0 Å². The molecule has 2 rings (SSSR count).